The van der Waals surface area contributed by atoms with Gasteiger partial charge in [-0.2, -0.15) is 0 Å². The quantitative estimate of drug-likeness (QED) is 0.769. The molecule has 0 amide bonds. The summed E-state index contributed by atoms with van der Waals surface area (Å²) in [5, 5.41) is 0. The van der Waals surface area contributed by atoms with Crippen molar-refractivity contribution >= 4 is 0 Å². The first-order chi connectivity index (χ1) is 7.29. The first-order valence-electron chi connectivity index (χ1n) is 4.84. The average molecular weight is 203 g/mol. The van der Waals surface area contributed by atoms with E-state index in [9.17, 15) is 0 Å². The number of methoxy groups -OCH3 is 1. The second-order valence-corrected chi connectivity index (χ2v) is 3.33. The number of benzene rings is 1. The molecule has 0 bridgehead atoms. The van der Waals surface area contributed by atoms with Crippen LogP contribution in [-0.4, -0.2) is 12.1 Å². The highest BCUT2D eigenvalue weighted by molar-refractivity contribution is 5.26. The van der Waals surface area contributed by atoms with E-state index in [1.165, 1.54) is 5.56 Å². The summed E-state index contributed by atoms with van der Waals surface area (Å²) >= 11 is 0. The second kappa shape index (κ2) is 4.17. The number of rotatable bonds is 3. The van der Waals surface area contributed by atoms with Gasteiger partial charge in [0.2, 0.25) is 0 Å². The van der Waals surface area contributed by atoms with Crippen molar-refractivity contribution in [1.29, 1.82) is 0 Å². The zero-order valence-electron chi connectivity index (χ0n) is 8.86. The molecule has 15 heavy (non-hydrogen) atoms. The maximum atomic E-state index is 5.30. The smallest absolute Gasteiger partial charge is 0.308 e. The van der Waals surface area contributed by atoms with Gasteiger partial charge in [-0.05, 0) is 5.56 Å². The van der Waals surface area contributed by atoms with Gasteiger partial charge < -0.3 is 9.15 Å². The number of ether oxygens (including phenoxy) is 1. The molecule has 0 aliphatic carbocycles. The van der Waals surface area contributed by atoms with Crippen LogP contribution in [0.2, 0.25) is 0 Å². The van der Waals surface area contributed by atoms with E-state index < -0.39 is 0 Å². The molecule has 0 fully saturated rings. The van der Waals surface area contributed by atoms with Crippen molar-refractivity contribution in [2.45, 2.75) is 13.3 Å². The predicted molar refractivity (Wildman–Crippen MR) is 57.0 cm³/mol. The Balaban J connectivity index is 2.24. The van der Waals surface area contributed by atoms with Crippen LogP contribution in [0, 0.1) is 6.92 Å². The highest BCUT2D eigenvalue weighted by Crippen LogP contribution is 2.21. The number of hydrogen-bond donors (Lipinski definition) is 0. The third-order valence-corrected chi connectivity index (χ3v) is 2.17. The summed E-state index contributed by atoms with van der Waals surface area (Å²) in [6.07, 6.45) is 0.737. The van der Waals surface area contributed by atoms with Gasteiger partial charge in [0.1, 0.15) is 5.69 Å². The van der Waals surface area contributed by atoms with Crippen LogP contribution in [0.1, 0.15) is 17.1 Å². The van der Waals surface area contributed by atoms with Crippen molar-refractivity contribution in [2.75, 3.05) is 7.11 Å². The molecule has 0 saturated heterocycles. The lowest BCUT2D eigenvalue weighted by Crippen LogP contribution is -1.92. The summed E-state index contributed by atoms with van der Waals surface area (Å²) in [5.41, 5.74) is 2.05. The van der Waals surface area contributed by atoms with E-state index >= 15 is 0 Å². The Morgan fingerprint density at radius 1 is 1.27 bits per heavy atom. The Hall–Kier alpha value is -1.77. The monoisotopic (exact) mass is 203 g/mol. The Labute approximate surface area is 88.7 Å². The van der Waals surface area contributed by atoms with Gasteiger partial charge in [0, 0.05) is 13.3 Å². The number of hydrogen-bond acceptors (Lipinski definition) is 3. The fourth-order valence-corrected chi connectivity index (χ4v) is 1.51. The van der Waals surface area contributed by atoms with Gasteiger partial charge in [-0.1, -0.05) is 30.3 Å². The molecule has 0 spiro atoms. The molecule has 1 aromatic heterocycles. The Kier molecular flexibility index (Phi) is 2.72. The average Bonchev–Trinajstić information content (AvgIpc) is 2.60. The van der Waals surface area contributed by atoms with Gasteiger partial charge in [-0.15, -0.1) is 0 Å². The third kappa shape index (κ3) is 2.18. The zero-order chi connectivity index (χ0) is 10.7. The lowest BCUT2D eigenvalue weighted by atomic mass is 10.1. The van der Waals surface area contributed by atoms with Crippen LogP contribution in [0.5, 0.6) is 5.95 Å². The number of nitrogens with zero attached hydrogens (tertiary/aromatic N) is 1. The van der Waals surface area contributed by atoms with E-state index in [1.807, 2.05) is 25.1 Å². The summed E-state index contributed by atoms with van der Waals surface area (Å²) in [5.74, 6) is 1.15. The second-order valence-electron chi connectivity index (χ2n) is 3.33. The standard InChI is InChI=1S/C12H13NO2/c1-9-13-11(12(14-2)15-9)8-10-6-4-3-5-7-10/h3-7H,8H2,1-2H3. The van der Waals surface area contributed by atoms with E-state index in [1.54, 1.807) is 7.11 Å². The molecule has 0 aliphatic heterocycles. The SMILES string of the molecule is COc1oc(C)nc1Cc1ccccc1. The van der Waals surface area contributed by atoms with Crippen molar-refractivity contribution in [3.63, 3.8) is 0 Å². The highest BCUT2D eigenvalue weighted by Gasteiger charge is 2.11. The van der Waals surface area contributed by atoms with Crippen LogP contribution in [0.4, 0.5) is 0 Å². The minimum absolute atomic E-state index is 0.511. The van der Waals surface area contributed by atoms with Gasteiger partial charge in [0.05, 0.1) is 7.11 Å². The minimum atomic E-state index is 0.511. The normalized spacial score (nSPS) is 10.3. The third-order valence-electron chi connectivity index (χ3n) is 2.17. The maximum Gasteiger partial charge on any atom is 0.308 e. The summed E-state index contributed by atoms with van der Waals surface area (Å²) in [6, 6.07) is 10.1. The van der Waals surface area contributed by atoms with Gasteiger partial charge in [-0.3, -0.25) is 0 Å². The molecule has 2 aromatic rings. The molecule has 3 nitrogen and oxygen atoms in total. The zero-order valence-corrected chi connectivity index (χ0v) is 8.86. The van der Waals surface area contributed by atoms with Crippen molar-refractivity contribution in [1.82, 2.24) is 4.98 Å². The summed E-state index contributed by atoms with van der Waals surface area (Å²) in [4.78, 5) is 4.29. The predicted octanol–water partition coefficient (Wildman–Crippen LogP) is 2.58. The number of oxazole rings is 1. The van der Waals surface area contributed by atoms with Crippen molar-refractivity contribution in [2.24, 2.45) is 0 Å². The molecular formula is C12H13NO2. The van der Waals surface area contributed by atoms with E-state index in [0.29, 0.717) is 11.8 Å². The molecule has 3 heteroatoms. The Morgan fingerprint density at radius 2 is 2.00 bits per heavy atom. The maximum absolute atomic E-state index is 5.30. The molecule has 0 radical (unpaired) electrons. The molecule has 0 aliphatic rings. The van der Waals surface area contributed by atoms with Crippen LogP contribution in [0.15, 0.2) is 34.7 Å². The summed E-state index contributed by atoms with van der Waals surface area (Å²) in [6.45, 7) is 1.82. The molecule has 1 aromatic carbocycles. The lowest BCUT2D eigenvalue weighted by Gasteiger charge is -1.99. The van der Waals surface area contributed by atoms with Crippen LogP contribution in [-0.2, 0) is 6.42 Å². The van der Waals surface area contributed by atoms with Crippen LogP contribution >= 0.6 is 0 Å². The Morgan fingerprint density at radius 3 is 2.67 bits per heavy atom. The number of aromatic nitrogens is 1. The van der Waals surface area contributed by atoms with Gasteiger partial charge >= 0.3 is 5.95 Å². The minimum Gasteiger partial charge on any atom is -0.467 e. The fourth-order valence-electron chi connectivity index (χ4n) is 1.51. The Bertz CT molecular complexity index is 434. The van der Waals surface area contributed by atoms with Gasteiger partial charge in [0.15, 0.2) is 5.89 Å². The molecule has 1 heterocycles. The van der Waals surface area contributed by atoms with Gasteiger partial charge in [0.25, 0.3) is 0 Å². The fraction of sp³-hybridized carbons (Fsp3) is 0.250. The van der Waals surface area contributed by atoms with Crippen molar-refractivity contribution < 1.29 is 9.15 Å². The first-order valence-corrected chi connectivity index (χ1v) is 4.84. The van der Waals surface area contributed by atoms with E-state index in [0.717, 1.165) is 12.1 Å². The molecule has 0 atom stereocenters. The molecule has 78 valence electrons. The van der Waals surface area contributed by atoms with Crippen molar-refractivity contribution in [3.8, 4) is 5.95 Å². The highest BCUT2D eigenvalue weighted by atomic mass is 16.6. The van der Waals surface area contributed by atoms with Crippen LogP contribution in [0.25, 0.3) is 0 Å². The van der Waals surface area contributed by atoms with Gasteiger partial charge in [-0.25, -0.2) is 4.98 Å². The lowest BCUT2D eigenvalue weighted by molar-refractivity contribution is 0.294. The largest absolute Gasteiger partial charge is 0.467 e. The molecular weight excluding hydrogens is 190 g/mol. The molecule has 0 unspecified atom stereocenters. The molecule has 0 N–H and O–H groups in total. The van der Waals surface area contributed by atoms with E-state index in [4.69, 9.17) is 9.15 Å². The van der Waals surface area contributed by atoms with Crippen LogP contribution < -0.4 is 4.74 Å². The van der Waals surface area contributed by atoms with Crippen LogP contribution in [0.3, 0.4) is 0 Å². The summed E-state index contributed by atoms with van der Waals surface area (Å²) < 4.78 is 10.4. The van der Waals surface area contributed by atoms with E-state index in [-0.39, 0.29) is 0 Å². The summed E-state index contributed by atoms with van der Waals surface area (Å²) in [7, 11) is 1.59. The van der Waals surface area contributed by atoms with Crippen molar-refractivity contribution in [3.05, 3.63) is 47.5 Å². The topological polar surface area (TPSA) is 35.3 Å². The first kappa shape index (κ1) is 9.77. The molecule has 2 rings (SSSR count). The molecule has 0 saturated carbocycles. The van der Waals surface area contributed by atoms with E-state index in [2.05, 4.69) is 17.1 Å². The number of aryl methyl sites for hydroxylation is 1.